The van der Waals surface area contributed by atoms with Crippen molar-refractivity contribution in [2.24, 2.45) is 17.1 Å². The molecule has 5 heteroatoms. The number of nitrogens with two attached hydrogens (primary N) is 1. The minimum Gasteiger partial charge on any atom is -0.365 e. The van der Waals surface area contributed by atoms with Crippen LogP contribution in [0.25, 0.3) is 0 Å². The molecule has 0 spiro atoms. The van der Waals surface area contributed by atoms with Crippen molar-refractivity contribution in [3.05, 3.63) is 16.0 Å². The highest BCUT2D eigenvalue weighted by Gasteiger charge is 2.34. The van der Waals surface area contributed by atoms with Crippen molar-refractivity contribution in [1.29, 1.82) is 0 Å². The summed E-state index contributed by atoms with van der Waals surface area (Å²) in [6.45, 7) is 8.99. The van der Waals surface area contributed by atoms with Crippen molar-refractivity contribution in [1.82, 2.24) is 0 Å². The Hall–Kier alpha value is -1.36. The largest absolute Gasteiger partial charge is 0.365 e. The van der Waals surface area contributed by atoms with Gasteiger partial charge >= 0.3 is 0 Å². The Bertz CT molecular complexity index is 634. The molecule has 1 aliphatic rings. The molecule has 2 rings (SSSR count). The van der Waals surface area contributed by atoms with E-state index in [-0.39, 0.29) is 11.3 Å². The second-order valence-corrected chi connectivity index (χ2v) is 8.96. The molecular formula is C20H32N2O2S. The predicted molar refractivity (Wildman–Crippen MR) is 105 cm³/mol. The standard InChI is InChI=1S/C20H32N2O2S/c1-5-7-8-9-16(23)22-19-17(18(21)24)14-11-10-13(12-15(14)25-19)20(3,4)6-2/h13H,5-12H2,1-4H3,(H2,21,24)(H,22,23)/t13-/m1/s1. The first kappa shape index (κ1) is 20.0. The minimum absolute atomic E-state index is 0.0139. The van der Waals surface area contributed by atoms with Crippen LogP contribution in [0.4, 0.5) is 5.00 Å². The number of rotatable bonds is 8. The lowest BCUT2D eigenvalue weighted by atomic mass is 9.69. The van der Waals surface area contributed by atoms with Crippen molar-refractivity contribution in [2.45, 2.75) is 79.1 Å². The number of anilines is 1. The zero-order chi connectivity index (χ0) is 18.6. The summed E-state index contributed by atoms with van der Waals surface area (Å²) in [7, 11) is 0. The van der Waals surface area contributed by atoms with Crippen LogP contribution in [0, 0.1) is 11.3 Å². The topological polar surface area (TPSA) is 72.2 Å². The Morgan fingerprint density at radius 3 is 2.60 bits per heavy atom. The van der Waals surface area contributed by atoms with E-state index in [1.807, 2.05) is 0 Å². The summed E-state index contributed by atoms with van der Waals surface area (Å²) >= 11 is 1.56. The molecule has 1 heterocycles. The van der Waals surface area contributed by atoms with E-state index < -0.39 is 5.91 Å². The van der Waals surface area contributed by atoms with Gasteiger partial charge in [-0.05, 0) is 42.6 Å². The second kappa shape index (κ2) is 8.35. The Morgan fingerprint density at radius 1 is 1.28 bits per heavy atom. The predicted octanol–water partition coefficient (Wildman–Crippen LogP) is 4.91. The van der Waals surface area contributed by atoms with Crippen molar-refractivity contribution in [3.8, 4) is 0 Å². The van der Waals surface area contributed by atoms with Crippen LogP contribution in [0.3, 0.4) is 0 Å². The van der Waals surface area contributed by atoms with E-state index in [4.69, 9.17) is 5.73 Å². The maximum atomic E-state index is 12.2. The molecule has 1 aromatic heterocycles. The summed E-state index contributed by atoms with van der Waals surface area (Å²) in [4.78, 5) is 25.4. The summed E-state index contributed by atoms with van der Waals surface area (Å²) in [5, 5.41) is 3.62. The van der Waals surface area contributed by atoms with Crippen LogP contribution >= 0.6 is 11.3 Å². The van der Waals surface area contributed by atoms with Crippen LogP contribution in [0.15, 0.2) is 0 Å². The number of unbranched alkanes of at least 4 members (excludes halogenated alkanes) is 2. The average Bonchev–Trinajstić information content (AvgIpc) is 2.91. The SMILES string of the molecule is CCCCCC(=O)Nc1sc2c(c1C(N)=O)CC[C@@H](C(C)(C)CC)C2. The van der Waals surface area contributed by atoms with E-state index in [1.54, 1.807) is 11.3 Å². The van der Waals surface area contributed by atoms with Gasteiger partial charge in [-0.25, -0.2) is 0 Å². The van der Waals surface area contributed by atoms with Crippen molar-refractivity contribution >= 4 is 28.2 Å². The fourth-order valence-electron chi connectivity index (χ4n) is 3.62. The summed E-state index contributed by atoms with van der Waals surface area (Å²) in [5.41, 5.74) is 7.56. The molecule has 0 bridgehead atoms. The van der Waals surface area contributed by atoms with Gasteiger partial charge in [-0.2, -0.15) is 0 Å². The summed E-state index contributed by atoms with van der Waals surface area (Å²) in [5.74, 6) is 0.173. The molecule has 0 unspecified atom stereocenters. The minimum atomic E-state index is -0.422. The Kier molecular flexibility index (Phi) is 6.66. The van der Waals surface area contributed by atoms with Crippen molar-refractivity contribution < 1.29 is 9.59 Å². The second-order valence-electron chi connectivity index (χ2n) is 7.86. The lowest BCUT2D eigenvalue weighted by molar-refractivity contribution is -0.116. The number of hydrogen-bond acceptors (Lipinski definition) is 3. The van der Waals surface area contributed by atoms with Crippen LogP contribution in [-0.2, 0) is 17.6 Å². The van der Waals surface area contributed by atoms with Crippen LogP contribution in [0.1, 0.15) is 87.0 Å². The molecule has 4 nitrogen and oxygen atoms in total. The first-order chi connectivity index (χ1) is 11.8. The van der Waals surface area contributed by atoms with Gasteiger partial charge in [-0.15, -0.1) is 11.3 Å². The number of carbonyl (C=O) groups excluding carboxylic acids is 2. The van der Waals surface area contributed by atoms with Gasteiger partial charge in [0.1, 0.15) is 5.00 Å². The van der Waals surface area contributed by atoms with Gasteiger partial charge in [0.15, 0.2) is 0 Å². The number of nitrogens with one attached hydrogen (secondary N) is 1. The number of fused-ring (bicyclic) bond motifs is 1. The maximum absolute atomic E-state index is 12.2. The van der Waals surface area contributed by atoms with E-state index in [0.717, 1.165) is 50.5 Å². The summed E-state index contributed by atoms with van der Waals surface area (Å²) in [6, 6.07) is 0. The Balaban J connectivity index is 2.20. The van der Waals surface area contributed by atoms with Gasteiger partial charge < -0.3 is 11.1 Å². The van der Waals surface area contributed by atoms with E-state index in [9.17, 15) is 9.59 Å². The maximum Gasteiger partial charge on any atom is 0.251 e. The van der Waals surface area contributed by atoms with E-state index >= 15 is 0 Å². The van der Waals surface area contributed by atoms with Crippen molar-refractivity contribution in [3.63, 3.8) is 0 Å². The third kappa shape index (κ3) is 4.63. The lowest BCUT2D eigenvalue weighted by Gasteiger charge is -2.36. The molecule has 0 fully saturated rings. The normalized spacial score (nSPS) is 17.2. The number of carbonyl (C=O) groups is 2. The first-order valence-corrected chi connectivity index (χ1v) is 10.4. The molecule has 0 saturated heterocycles. The molecule has 140 valence electrons. The first-order valence-electron chi connectivity index (χ1n) is 9.54. The third-order valence-corrected chi connectivity index (χ3v) is 6.96. The smallest absolute Gasteiger partial charge is 0.251 e. The zero-order valence-corrected chi connectivity index (χ0v) is 16.9. The van der Waals surface area contributed by atoms with Gasteiger partial charge in [0.2, 0.25) is 5.91 Å². The molecule has 0 radical (unpaired) electrons. The molecule has 2 amide bonds. The van der Waals surface area contributed by atoms with Gasteiger partial charge in [0, 0.05) is 11.3 Å². The number of primary amides is 1. The summed E-state index contributed by atoms with van der Waals surface area (Å²) in [6.07, 6.45) is 7.59. The van der Waals surface area contributed by atoms with Crippen LogP contribution in [0.5, 0.6) is 0 Å². The fraction of sp³-hybridized carbons (Fsp3) is 0.700. The number of amides is 2. The van der Waals surface area contributed by atoms with Gasteiger partial charge in [0.25, 0.3) is 5.91 Å². The molecule has 25 heavy (non-hydrogen) atoms. The average molecular weight is 365 g/mol. The van der Waals surface area contributed by atoms with Crippen molar-refractivity contribution in [2.75, 3.05) is 5.32 Å². The highest BCUT2D eigenvalue weighted by molar-refractivity contribution is 7.17. The molecular weight excluding hydrogens is 332 g/mol. The van der Waals surface area contributed by atoms with E-state index in [2.05, 4.69) is 33.0 Å². The molecule has 3 N–H and O–H groups in total. The highest BCUT2D eigenvalue weighted by atomic mass is 32.1. The van der Waals surface area contributed by atoms with Crippen LogP contribution in [-0.4, -0.2) is 11.8 Å². The molecule has 0 saturated carbocycles. The molecule has 1 aliphatic carbocycles. The molecule has 0 aliphatic heterocycles. The fourth-order valence-corrected chi connectivity index (χ4v) is 4.96. The van der Waals surface area contributed by atoms with Gasteiger partial charge in [-0.3, -0.25) is 9.59 Å². The van der Waals surface area contributed by atoms with Gasteiger partial charge in [0.05, 0.1) is 5.56 Å². The molecule has 1 aromatic rings. The number of hydrogen-bond donors (Lipinski definition) is 2. The van der Waals surface area contributed by atoms with E-state index in [0.29, 0.717) is 22.9 Å². The number of thiophene rings is 1. The van der Waals surface area contributed by atoms with E-state index in [1.165, 1.54) is 4.88 Å². The lowest BCUT2D eigenvalue weighted by Crippen LogP contribution is -2.29. The Labute approximate surface area is 155 Å². The summed E-state index contributed by atoms with van der Waals surface area (Å²) < 4.78 is 0. The zero-order valence-electron chi connectivity index (χ0n) is 16.0. The van der Waals surface area contributed by atoms with Crippen LogP contribution < -0.4 is 11.1 Å². The third-order valence-electron chi connectivity index (χ3n) is 5.79. The molecule has 0 aromatic carbocycles. The quantitative estimate of drug-likeness (QED) is 0.643. The molecule has 1 atom stereocenters. The Morgan fingerprint density at radius 2 is 2.00 bits per heavy atom. The van der Waals surface area contributed by atoms with Crippen LogP contribution in [0.2, 0.25) is 0 Å². The van der Waals surface area contributed by atoms with Gasteiger partial charge in [-0.1, -0.05) is 47.0 Å². The highest BCUT2D eigenvalue weighted by Crippen LogP contribution is 2.45. The monoisotopic (exact) mass is 364 g/mol.